The van der Waals surface area contributed by atoms with Gasteiger partial charge in [-0.05, 0) is 36.4 Å². The number of hydrogen-bond acceptors (Lipinski definition) is 4. The number of aliphatic hydroxyl groups excluding tert-OH is 1. The minimum Gasteiger partial charge on any atom is -0.392 e. The molecule has 1 saturated heterocycles. The Kier molecular flexibility index (Phi) is 5.49. The first kappa shape index (κ1) is 16.7. The lowest BCUT2D eigenvalue weighted by atomic mass is 10.1. The fraction of sp³-hybridized carbons (Fsp3) is 0.474. The number of hydrogen-bond donors (Lipinski definition) is 1. The van der Waals surface area contributed by atoms with E-state index in [1.54, 1.807) is 0 Å². The van der Waals surface area contributed by atoms with Gasteiger partial charge in [0.05, 0.1) is 6.10 Å². The van der Waals surface area contributed by atoms with E-state index in [4.69, 9.17) is 0 Å². The predicted molar refractivity (Wildman–Crippen MR) is 97.7 cm³/mol. The Morgan fingerprint density at radius 3 is 2.70 bits per heavy atom. The van der Waals surface area contributed by atoms with E-state index in [-0.39, 0.29) is 6.10 Å². The molecule has 0 bridgehead atoms. The molecule has 0 unspecified atom stereocenters. The molecular weight excluding hydrogens is 304 g/mol. The minimum atomic E-state index is -0.237. The normalized spacial score (nSPS) is 21.4. The van der Waals surface area contributed by atoms with Gasteiger partial charge in [0.15, 0.2) is 0 Å². The monoisotopic (exact) mass is 330 g/mol. The molecule has 0 aliphatic carbocycles. The van der Waals surface area contributed by atoms with Crippen molar-refractivity contribution in [1.29, 1.82) is 0 Å². The molecule has 0 saturated carbocycles. The average Bonchev–Trinajstić information content (AvgIpc) is 2.99. The van der Waals surface area contributed by atoms with Gasteiger partial charge >= 0.3 is 0 Å². The first-order chi connectivity index (χ1) is 11.1. The zero-order valence-electron chi connectivity index (χ0n) is 14.0. The number of thiophene rings is 1. The molecular formula is C19H26N2OS. The van der Waals surface area contributed by atoms with E-state index in [0.717, 1.165) is 32.7 Å². The molecule has 1 aromatic heterocycles. The summed E-state index contributed by atoms with van der Waals surface area (Å²) in [6, 6.07) is 13.4. The molecule has 124 valence electrons. The zero-order chi connectivity index (χ0) is 16.2. The van der Waals surface area contributed by atoms with Gasteiger partial charge in [0, 0.05) is 43.6 Å². The van der Waals surface area contributed by atoms with Crippen LogP contribution in [0.2, 0.25) is 0 Å². The highest BCUT2D eigenvalue weighted by Gasteiger charge is 2.24. The van der Waals surface area contributed by atoms with Crippen LogP contribution in [0, 0.1) is 0 Å². The molecule has 0 amide bonds. The standard InChI is InChI=1S/C19H26N2OS/c1-15-11-20(12-16(2)22)8-9-21(15)13-19-10-18(14-23-19)17-6-4-3-5-7-17/h3-7,10,14-16,22H,8-9,11-13H2,1-2H3/t15-,16+/m0/s1. The molecule has 23 heavy (non-hydrogen) atoms. The minimum absolute atomic E-state index is 0.237. The van der Waals surface area contributed by atoms with Crippen LogP contribution in [0.25, 0.3) is 11.1 Å². The van der Waals surface area contributed by atoms with Crippen LogP contribution < -0.4 is 0 Å². The van der Waals surface area contributed by atoms with Crippen LogP contribution in [0.15, 0.2) is 41.8 Å². The summed E-state index contributed by atoms with van der Waals surface area (Å²) in [5, 5.41) is 11.8. The summed E-state index contributed by atoms with van der Waals surface area (Å²) in [5.74, 6) is 0. The summed E-state index contributed by atoms with van der Waals surface area (Å²) < 4.78 is 0. The van der Waals surface area contributed by atoms with Crippen LogP contribution in [0.4, 0.5) is 0 Å². The van der Waals surface area contributed by atoms with Gasteiger partial charge in [0.1, 0.15) is 0 Å². The van der Waals surface area contributed by atoms with Gasteiger partial charge in [-0.15, -0.1) is 11.3 Å². The molecule has 1 aliphatic rings. The van der Waals surface area contributed by atoms with Crippen LogP contribution in [-0.4, -0.2) is 53.2 Å². The van der Waals surface area contributed by atoms with E-state index in [1.165, 1.54) is 16.0 Å². The quantitative estimate of drug-likeness (QED) is 0.911. The molecule has 3 rings (SSSR count). The Hall–Kier alpha value is -1.20. The summed E-state index contributed by atoms with van der Waals surface area (Å²) in [7, 11) is 0. The number of nitrogens with zero attached hydrogens (tertiary/aromatic N) is 2. The maximum atomic E-state index is 9.55. The van der Waals surface area contributed by atoms with Gasteiger partial charge in [-0.3, -0.25) is 9.80 Å². The van der Waals surface area contributed by atoms with Crippen LogP contribution in [0.3, 0.4) is 0 Å². The molecule has 0 radical (unpaired) electrons. The van der Waals surface area contributed by atoms with Crippen molar-refractivity contribution in [1.82, 2.24) is 9.80 Å². The van der Waals surface area contributed by atoms with E-state index >= 15 is 0 Å². The summed E-state index contributed by atoms with van der Waals surface area (Å²) in [6.07, 6.45) is -0.237. The fourth-order valence-electron chi connectivity index (χ4n) is 3.29. The molecule has 4 heteroatoms. The second-order valence-corrected chi connectivity index (χ2v) is 7.59. The highest BCUT2D eigenvalue weighted by molar-refractivity contribution is 7.10. The third-order valence-electron chi connectivity index (χ3n) is 4.49. The van der Waals surface area contributed by atoms with Crippen LogP contribution in [0.1, 0.15) is 18.7 Å². The van der Waals surface area contributed by atoms with Crippen molar-refractivity contribution >= 4 is 11.3 Å². The molecule has 1 aromatic carbocycles. The maximum Gasteiger partial charge on any atom is 0.0639 e. The van der Waals surface area contributed by atoms with Crippen LogP contribution >= 0.6 is 11.3 Å². The number of piperazine rings is 1. The molecule has 1 N–H and O–H groups in total. The summed E-state index contributed by atoms with van der Waals surface area (Å²) in [4.78, 5) is 6.36. The van der Waals surface area contributed by atoms with Crippen LogP contribution in [0.5, 0.6) is 0 Å². The van der Waals surface area contributed by atoms with Crippen LogP contribution in [-0.2, 0) is 6.54 Å². The third-order valence-corrected chi connectivity index (χ3v) is 5.41. The fourth-order valence-corrected chi connectivity index (χ4v) is 4.21. The highest BCUT2D eigenvalue weighted by Crippen LogP contribution is 2.27. The first-order valence-corrected chi connectivity index (χ1v) is 9.27. The van der Waals surface area contributed by atoms with Gasteiger partial charge in [0.2, 0.25) is 0 Å². The smallest absolute Gasteiger partial charge is 0.0639 e. The molecule has 2 heterocycles. The van der Waals surface area contributed by atoms with E-state index in [9.17, 15) is 5.11 Å². The molecule has 1 aliphatic heterocycles. The Morgan fingerprint density at radius 2 is 2.00 bits per heavy atom. The van der Waals surface area contributed by atoms with Crippen molar-refractivity contribution in [3.63, 3.8) is 0 Å². The Balaban J connectivity index is 1.59. The average molecular weight is 330 g/mol. The maximum absolute atomic E-state index is 9.55. The Morgan fingerprint density at radius 1 is 1.22 bits per heavy atom. The molecule has 0 spiro atoms. The zero-order valence-corrected chi connectivity index (χ0v) is 14.8. The molecule has 3 nitrogen and oxygen atoms in total. The highest BCUT2D eigenvalue weighted by atomic mass is 32.1. The van der Waals surface area contributed by atoms with Crippen molar-refractivity contribution in [3.05, 3.63) is 46.7 Å². The summed E-state index contributed by atoms with van der Waals surface area (Å²) >= 11 is 1.86. The number of aliphatic hydroxyl groups is 1. The van der Waals surface area contributed by atoms with Crippen molar-refractivity contribution < 1.29 is 5.11 Å². The number of benzene rings is 1. The van der Waals surface area contributed by atoms with Gasteiger partial charge in [0.25, 0.3) is 0 Å². The van der Waals surface area contributed by atoms with Crippen molar-refractivity contribution in [2.45, 2.75) is 32.5 Å². The largest absolute Gasteiger partial charge is 0.392 e. The van der Waals surface area contributed by atoms with Crippen molar-refractivity contribution in [3.8, 4) is 11.1 Å². The lowest BCUT2D eigenvalue weighted by Gasteiger charge is -2.40. The summed E-state index contributed by atoms with van der Waals surface area (Å²) in [5.41, 5.74) is 2.62. The lowest BCUT2D eigenvalue weighted by Crippen LogP contribution is -2.52. The molecule has 2 aromatic rings. The second kappa shape index (κ2) is 7.58. The van der Waals surface area contributed by atoms with Gasteiger partial charge in [-0.2, -0.15) is 0 Å². The second-order valence-electron chi connectivity index (χ2n) is 6.60. The van der Waals surface area contributed by atoms with E-state index in [0.29, 0.717) is 6.04 Å². The van der Waals surface area contributed by atoms with Gasteiger partial charge in [-0.1, -0.05) is 30.3 Å². The number of rotatable bonds is 5. The van der Waals surface area contributed by atoms with E-state index in [2.05, 4.69) is 58.5 Å². The third kappa shape index (κ3) is 4.42. The number of β-amino-alcohol motifs (C(OH)–C–C–N with tert-alkyl or cyclic N) is 1. The SMILES string of the molecule is C[C@@H](O)CN1CCN(Cc2cc(-c3ccccc3)cs2)[C@@H](C)C1. The first-order valence-electron chi connectivity index (χ1n) is 8.39. The Bertz CT molecular complexity index is 611. The van der Waals surface area contributed by atoms with Gasteiger partial charge in [-0.25, -0.2) is 0 Å². The van der Waals surface area contributed by atoms with E-state index < -0.39 is 0 Å². The topological polar surface area (TPSA) is 26.7 Å². The van der Waals surface area contributed by atoms with E-state index in [1.807, 2.05) is 18.3 Å². The van der Waals surface area contributed by atoms with Crippen molar-refractivity contribution in [2.24, 2.45) is 0 Å². The lowest BCUT2D eigenvalue weighted by molar-refractivity contribution is 0.0477. The van der Waals surface area contributed by atoms with Gasteiger partial charge < -0.3 is 5.11 Å². The molecule has 1 fully saturated rings. The Labute approximate surface area is 143 Å². The van der Waals surface area contributed by atoms with Crippen molar-refractivity contribution in [2.75, 3.05) is 26.2 Å². The predicted octanol–water partition coefficient (Wildman–Crippen LogP) is 3.30. The summed E-state index contributed by atoms with van der Waals surface area (Å²) in [6.45, 7) is 9.14. The molecule has 2 atom stereocenters.